The Labute approximate surface area is 329 Å². The zero-order valence-corrected chi connectivity index (χ0v) is 31.1. The van der Waals surface area contributed by atoms with E-state index in [4.69, 9.17) is 4.42 Å². The third-order valence-corrected chi connectivity index (χ3v) is 12.0. The molecule has 12 rings (SSSR count). The van der Waals surface area contributed by atoms with Crippen molar-refractivity contribution in [2.75, 3.05) is 0 Å². The molecule has 2 aromatic heterocycles. The molecule has 0 amide bonds. The Morgan fingerprint density at radius 2 is 0.965 bits per heavy atom. The summed E-state index contributed by atoms with van der Waals surface area (Å²) in [4.78, 5) is 0. The lowest BCUT2D eigenvalue weighted by Gasteiger charge is -2.18. The minimum Gasteiger partial charge on any atom is -0.455 e. The van der Waals surface area contributed by atoms with Crippen molar-refractivity contribution in [1.82, 2.24) is 4.57 Å². The first-order valence-corrected chi connectivity index (χ1v) is 19.7. The first-order valence-electron chi connectivity index (χ1n) is 19.7. The zero-order valence-electron chi connectivity index (χ0n) is 31.1. The van der Waals surface area contributed by atoms with Gasteiger partial charge in [0, 0.05) is 32.6 Å². The van der Waals surface area contributed by atoms with E-state index in [-0.39, 0.29) is 0 Å². The Kier molecular flexibility index (Phi) is 7.02. The van der Waals surface area contributed by atoms with Gasteiger partial charge in [-0.25, -0.2) is 0 Å². The van der Waals surface area contributed by atoms with Crippen LogP contribution in [0.4, 0.5) is 0 Å². The minimum absolute atomic E-state index is 0.844. The second-order valence-electron chi connectivity index (χ2n) is 15.2. The number of hydrogen-bond donors (Lipinski definition) is 0. The molecule has 0 aliphatic carbocycles. The van der Waals surface area contributed by atoms with Crippen molar-refractivity contribution in [3.8, 4) is 27.9 Å². The predicted octanol–water partition coefficient (Wildman–Crippen LogP) is 15.1. The van der Waals surface area contributed by atoms with Crippen molar-refractivity contribution in [2.24, 2.45) is 0 Å². The maximum atomic E-state index is 6.52. The third-order valence-electron chi connectivity index (χ3n) is 12.0. The molecule has 2 nitrogen and oxygen atoms in total. The largest absolute Gasteiger partial charge is 0.455 e. The van der Waals surface area contributed by atoms with E-state index in [1.807, 2.05) is 0 Å². The van der Waals surface area contributed by atoms with Crippen LogP contribution in [-0.4, -0.2) is 4.57 Å². The molecular formula is C55H35NO. The van der Waals surface area contributed by atoms with Crippen LogP contribution in [0.2, 0.25) is 0 Å². The molecule has 0 bridgehead atoms. The Hall–Kier alpha value is -7.42. The van der Waals surface area contributed by atoms with Gasteiger partial charge in [-0.15, -0.1) is 0 Å². The molecule has 0 unspecified atom stereocenters. The molecule has 0 saturated carbocycles. The van der Waals surface area contributed by atoms with E-state index >= 15 is 0 Å². The second kappa shape index (κ2) is 12.6. The van der Waals surface area contributed by atoms with Crippen LogP contribution in [-0.2, 0) is 6.42 Å². The average Bonchev–Trinajstić information content (AvgIpc) is 3.81. The SMILES string of the molecule is c1ccc(-n2c3ccccc3c3cc(Cc4cccc(-c5c6ccccc6c(-c6ccc7oc8c9ccccc9ccc8c7c6)c6ccccc56)c4)ccc32)cc1. The van der Waals surface area contributed by atoms with E-state index < -0.39 is 0 Å². The van der Waals surface area contributed by atoms with E-state index in [1.54, 1.807) is 0 Å². The summed E-state index contributed by atoms with van der Waals surface area (Å²) < 4.78 is 8.90. The number of rotatable bonds is 5. The molecular weight excluding hydrogens is 691 g/mol. The molecule has 266 valence electrons. The number of hydrogen-bond acceptors (Lipinski definition) is 1. The van der Waals surface area contributed by atoms with Gasteiger partial charge in [0.25, 0.3) is 0 Å². The molecule has 2 heteroatoms. The Bertz CT molecular complexity index is 3490. The van der Waals surface area contributed by atoms with Crippen LogP contribution in [0.5, 0.6) is 0 Å². The van der Waals surface area contributed by atoms with Crippen LogP contribution >= 0.6 is 0 Å². The molecule has 0 radical (unpaired) electrons. The summed E-state index contributed by atoms with van der Waals surface area (Å²) in [6.07, 6.45) is 0.844. The highest BCUT2D eigenvalue weighted by Gasteiger charge is 2.19. The monoisotopic (exact) mass is 725 g/mol. The van der Waals surface area contributed by atoms with E-state index in [2.05, 4.69) is 205 Å². The number of fused-ring (bicyclic) bond motifs is 10. The minimum atomic E-state index is 0.844. The van der Waals surface area contributed by atoms with Crippen molar-refractivity contribution < 1.29 is 4.42 Å². The van der Waals surface area contributed by atoms with Crippen LogP contribution in [0.25, 0.3) is 104 Å². The summed E-state index contributed by atoms with van der Waals surface area (Å²) >= 11 is 0. The Morgan fingerprint density at radius 1 is 0.351 bits per heavy atom. The topological polar surface area (TPSA) is 18.1 Å². The number of nitrogens with zero attached hydrogens (tertiary/aromatic N) is 1. The lowest BCUT2D eigenvalue weighted by atomic mass is 9.85. The zero-order chi connectivity index (χ0) is 37.5. The lowest BCUT2D eigenvalue weighted by molar-refractivity contribution is 0.672. The van der Waals surface area contributed by atoms with Gasteiger partial charge in [0.15, 0.2) is 0 Å². The number of para-hydroxylation sites is 2. The molecule has 57 heavy (non-hydrogen) atoms. The van der Waals surface area contributed by atoms with Gasteiger partial charge < -0.3 is 8.98 Å². The van der Waals surface area contributed by atoms with Crippen LogP contribution < -0.4 is 0 Å². The van der Waals surface area contributed by atoms with Gasteiger partial charge in [-0.3, -0.25) is 0 Å². The predicted molar refractivity (Wildman–Crippen MR) is 241 cm³/mol. The number of benzene rings is 10. The highest BCUT2D eigenvalue weighted by molar-refractivity contribution is 6.23. The maximum Gasteiger partial charge on any atom is 0.143 e. The van der Waals surface area contributed by atoms with E-state index in [1.165, 1.54) is 87.8 Å². The lowest BCUT2D eigenvalue weighted by Crippen LogP contribution is -1.94. The maximum absolute atomic E-state index is 6.52. The summed E-state index contributed by atoms with van der Waals surface area (Å²) in [6, 6.07) is 73.0. The van der Waals surface area contributed by atoms with Crippen molar-refractivity contribution in [3.63, 3.8) is 0 Å². The summed E-state index contributed by atoms with van der Waals surface area (Å²) in [6.45, 7) is 0. The molecule has 0 atom stereocenters. The van der Waals surface area contributed by atoms with Crippen molar-refractivity contribution in [2.45, 2.75) is 6.42 Å². The standard InChI is InChI=1S/C55H35NO/c1-2-16-40(17-3-1)56-50-24-11-10-19-42(50)48-33-36(25-29-51(48)56)31-35-13-12-15-38(32-35)53-43-20-6-8-22-45(43)54(46-23-9-7-21-44(46)53)39-27-30-52-49(34-39)47-28-26-37-14-4-5-18-41(37)55(47)57-52/h1-30,32-34H,31H2. The third kappa shape index (κ3) is 4.97. The van der Waals surface area contributed by atoms with Crippen molar-refractivity contribution >= 4 is 76.1 Å². The molecule has 12 aromatic rings. The van der Waals surface area contributed by atoms with Crippen LogP contribution in [0, 0.1) is 0 Å². The first kappa shape index (κ1) is 31.9. The fourth-order valence-corrected chi connectivity index (χ4v) is 9.47. The van der Waals surface area contributed by atoms with Gasteiger partial charge in [0.05, 0.1) is 11.0 Å². The van der Waals surface area contributed by atoms with Crippen LogP contribution in [0.3, 0.4) is 0 Å². The molecule has 0 fully saturated rings. The van der Waals surface area contributed by atoms with Gasteiger partial charge in [-0.2, -0.15) is 0 Å². The highest BCUT2D eigenvalue weighted by atomic mass is 16.3. The number of aromatic nitrogens is 1. The molecule has 0 saturated heterocycles. The van der Waals surface area contributed by atoms with Gasteiger partial charge in [0.1, 0.15) is 11.2 Å². The first-order chi connectivity index (χ1) is 28.3. The summed E-state index contributed by atoms with van der Waals surface area (Å²) in [5, 5.41) is 12.2. The fraction of sp³-hybridized carbons (Fsp3) is 0.0182. The summed E-state index contributed by atoms with van der Waals surface area (Å²) in [7, 11) is 0. The molecule has 0 aliphatic heterocycles. The van der Waals surface area contributed by atoms with E-state index in [0.717, 1.165) is 33.7 Å². The van der Waals surface area contributed by atoms with Crippen LogP contribution in [0.1, 0.15) is 11.1 Å². The van der Waals surface area contributed by atoms with Gasteiger partial charge in [-0.1, -0.05) is 152 Å². The molecule has 0 N–H and O–H groups in total. The van der Waals surface area contributed by atoms with Gasteiger partial charge in [-0.05, 0) is 115 Å². The quantitative estimate of drug-likeness (QED) is 0.162. The number of furan rings is 1. The van der Waals surface area contributed by atoms with Crippen molar-refractivity contribution in [3.05, 3.63) is 211 Å². The van der Waals surface area contributed by atoms with Crippen LogP contribution in [0.15, 0.2) is 205 Å². The molecule has 10 aromatic carbocycles. The Morgan fingerprint density at radius 3 is 1.72 bits per heavy atom. The summed E-state index contributed by atoms with van der Waals surface area (Å²) in [5.74, 6) is 0. The van der Waals surface area contributed by atoms with E-state index in [9.17, 15) is 0 Å². The second-order valence-corrected chi connectivity index (χ2v) is 15.2. The highest BCUT2D eigenvalue weighted by Crippen LogP contribution is 2.45. The molecule has 2 heterocycles. The molecule has 0 spiro atoms. The summed E-state index contributed by atoms with van der Waals surface area (Å²) in [5.41, 5.74) is 13.0. The smallest absolute Gasteiger partial charge is 0.143 e. The van der Waals surface area contributed by atoms with Gasteiger partial charge >= 0.3 is 0 Å². The normalized spacial score (nSPS) is 11.9. The fourth-order valence-electron chi connectivity index (χ4n) is 9.47. The Balaban J connectivity index is 0.991. The molecule has 0 aliphatic rings. The van der Waals surface area contributed by atoms with Crippen molar-refractivity contribution in [1.29, 1.82) is 0 Å². The van der Waals surface area contributed by atoms with Gasteiger partial charge in [0.2, 0.25) is 0 Å². The average molecular weight is 726 g/mol. The van der Waals surface area contributed by atoms with E-state index in [0.29, 0.717) is 0 Å².